The molecular weight excluding hydrogens is 578 g/mol. The summed E-state index contributed by atoms with van der Waals surface area (Å²) in [7, 11) is -4.54. The van der Waals surface area contributed by atoms with E-state index in [0.29, 0.717) is 53.4 Å². The number of aliphatic hydroxyl groups excluding tert-OH is 1. The number of ketones is 1. The van der Waals surface area contributed by atoms with E-state index < -0.39 is 16.3 Å². The lowest BCUT2D eigenvalue weighted by atomic mass is 9.43. The minimum Gasteiger partial charge on any atom is -0.393 e. The van der Waals surface area contributed by atoms with Gasteiger partial charge in [-0.1, -0.05) is 27.7 Å². The van der Waals surface area contributed by atoms with Crippen molar-refractivity contribution in [1.29, 1.82) is 0 Å². The number of nitrogens with two attached hydrogens (primary N) is 1. The van der Waals surface area contributed by atoms with Crippen LogP contribution in [0.5, 0.6) is 0 Å². The molecular formula is C34H63N3O6S. The molecule has 1 unspecified atom stereocenters. The Morgan fingerprint density at radius 3 is 2.41 bits per heavy atom. The highest BCUT2D eigenvalue weighted by Crippen LogP contribution is 2.68. The summed E-state index contributed by atoms with van der Waals surface area (Å²) >= 11 is 0. The van der Waals surface area contributed by atoms with Crippen LogP contribution in [0.15, 0.2) is 0 Å². The number of Topliss-reactive ketones (excluding diaryl/α,β-unsaturated/α-hetero) is 1. The third-order valence-corrected chi connectivity index (χ3v) is 13.5. The zero-order chi connectivity index (χ0) is 32.1. The summed E-state index contributed by atoms with van der Waals surface area (Å²) in [5, 5.41) is 19.1. The second-order valence-corrected chi connectivity index (χ2v) is 16.7. The van der Waals surface area contributed by atoms with Crippen LogP contribution in [0.4, 0.5) is 0 Å². The monoisotopic (exact) mass is 641 g/mol. The van der Waals surface area contributed by atoms with Crippen LogP contribution in [-0.2, 0) is 19.4 Å². The molecule has 0 amide bonds. The van der Waals surface area contributed by atoms with Gasteiger partial charge in [-0.15, -0.1) is 0 Å². The maximum atomic E-state index is 12.7. The van der Waals surface area contributed by atoms with E-state index in [1.54, 1.807) is 6.92 Å². The van der Waals surface area contributed by atoms with Crippen LogP contribution >= 0.6 is 0 Å². The fourth-order valence-electron chi connectivity index (χ4n) is 10.5. The third kappa shape index (κ3) is 8.45. The minimum atomic E-state index is -4.54. The Labute approximate surface area is 267 Å². The van der Waals surface area contributed by atoms with Crippen molar-refractivity contribution in [2.75, 3.05) is 32.8 Å². The molecule has 0 spiro atoms. The molecule has 4 rings (SSSR count). The molecule has 44 heavy (non-hydrogen) atoms. The van der Waals surface area contributed by atoms with E-state index in [1.165, 1.54) is 38.5 Å². The molecule has 0 heterocycles. The van der Waals surface area contributed by atoms with Crippen LogP contribution in [0, 0.1) is 52.3 Å². The molecule has 4 aliphatic carbocycles. The Kier molecular flexibility index (Phi) is 12.8. The predicted octanol–water partition coefficient (Wildman–Crippen LogP) is 4.73. The molecule has 6 N–H and O–H groups in total. The van der Waals surface area contributed by atoms with Crippen molar-refractivity contribution in [3.63, 3.8) is 0 Å². The Morgan fingerprint density at radius 1 is 0.977 bits per heavy atom. The van der Waals surface area contributed by atoms with E-state index in [9.17, 15) is 18.3 Å². The van der Waals surface area contributed by atoms with Gasteiger partial charge < -0.3 is 21.5 Å². The molecule has 9 nitrogen and oxygen atoms in total. The number of hydrogen-bond acceptors (Lipinski definition) is 8. The number of unbranched alkanes of at least 4 members (excludes halogenated alkanes) is 1. The van der Waals surface area contributed by atoms with Gasteiger partial charge in [-0.05, 0) is 150 Å². The fraction of sp³-hybridized carbons (Fsp3) is 0.971. The predicted molar refractivity (Wildman–Crippen MR) is 174 cm³/mol. The van der Waals surface area contributed by atoms with Gasteiger partial charge in [0.2, 0.25) is 0 Å². The molecule has 0 aliphatic heterocycles. The molecule has 0 radical (unpaired) electrons. The Bertz CT molecular complexity index is 1040. The Hall–Kier alpha value is -0.620. The van der Waals surface area contributed by atoms with Crippen LogP contribution in [0.3, 0.4) is 0 Å². The molecule has 4 saturated carbocycles. The topological polar surface area (TPSA) is 151 Å². The number of carbonyl (C=O) groups is 1. The van der Waals surface area contributed by atoms with Crippen molar-refractivity contribution in [3.05, 3.63) is 0 Å². The molecule has 4 aliphatic rings. The second-order valence-electron chi connectivity index (χ2n) is 15.6. The average molecular weight is 642 g/mol. The van der Waals surface area contributed by atoms with Crippen molar-refractivity contribution in [2.45, 2.75) is 123 Å². The van der Waals surface area contributed by atoms with Crippen LogP contribution in [0.1, 0.15) is 111 Å². The quantitative estimate of drug-likeness (QED) is 0.112. The molecule has 11 atom stereocenters. The van der Waals surface area contributed by atoms with Gasteiger partial charge in [0.1, 0.15) is 5.78 Å². The van der Waals surface area contributed by atoms with Crippen LogP contribution in [0.25, 0.3) is 0 Å². The van der Waals surface area contributed by atoms with E-state index in [-0.39, 0.29) is 23.9 Å². The smallest absolute Gasteiger partial charge is 0.393 e. The highest BCUT2D eigenvalue weighted by molar-refractivity contribution is 7.80. The molecule has 0 aromatic carbocycles. The maximum absolute atomic E-state index is 12.7. The first-order valence-corrected chi connectivity index (χ1v) is 19.1. The average Bonchev–Trinajstić information content (AvgIpc) is 3.33. The van der Waals surface area contributed by atoms with E-state index in [4.69, 9.17) is 10.3 Å². The first-order chi connectivity index (χ1) is 20.8. The van der Waals surface area contributed by atoms with Crippen molar-refractivity contribution in [2.24, 2.45) is 58.0 Å². The Morgan fingerprint density at radius 2 is 1.68 bits per heavy atom. The number of carbonyl (C=O) groups excluding carboxylic acids is 1. The van der Waals surface area contributed by atoms with Gasteiger partial charge in [-0.25, -0.2) is 4.18 Å². The van der Waals surface area contributed by atoms with Crippen LogP contribution < -0.4 is 16.4 Å². The SMILES string of the molecule is CC(COS(=O)(=O)O)C(=O)CC[C@@H](C)[C@H]1CC[C@H]2[C@@H]3[C@H](O)C[C@H]4C[C@@H](NCCCNCCCCN)CC[C@]4(C)[C@H]3CC[C@]12C. The molecule has 4 fully saturated rings. The van der Waals surface area contributed by atoms with Gasteiger partial charge in [0.05, 0.1) is 12.7 Å². The third-order valence-electron chi connectivity index (χ3n) is 13.1. The Balaban J connectivity index is 1.28. The van der Waals surface area contributed by atoms with E-state index in [2.05, 4.69) is 35.6 Å². The van der Waals surface area contributed by atoms with Crippen LogP contribution in [-0.4, -0.2) is 68.8 Å². The standard InChI is InChI=1S/C34H63N3O6S/c1-23(8-11-30(38)24(2)22-43-44(40,41)42)27-9-10-28-32-29(13-15-34(27,28)4)33(3)14-12-26(20-25(33)21-31(32)39)37-19-7-18-36-17-6-5-16-35/h23-29,31-32,36-37,39H,5-22,35H2,1-4H3,(H,40,41,42)/t23-,24?,25-,26+,27-,28+,29+,31-,32+,33+,34-/m1/s1. The second kappa shape index (κ2) is 15.5. The van der Waals surface area contributed by atoms with Gasteiger partial charge in [-0.2, -0.15) is 8.42 Å². The summed E-state index contributed by atoms with van der Waals surface area (Å²) in [4.78, 5) is 12.7. The number of rotatable bonds is 17. The normalized spacial score (nSPS) is 38.4. The molecule has 256 valence electrons. The van der Waals surface area contributed by atoms with Gasteiger partial charge in [-0.3, -0.25) is 9.35 Å². The largest absolute Gasteiger partial charge is 0.397 e. The molecule has 0 bridgehead atoms. The first-order valence-electron chi connectivity index (χ1n) is 17.8. The van der Waals surface area contributed by atoms with Crippen molar-refractivity contribution >= 4 is 16.2 Å². The summed E-state index contributed by atoms with van der Waals surface area (Å²) in [6.45, 7) is 12.6. The van der Waals surface area contributed by atoms with E-state index in [0.717, 1.165) is 64.7 Å². The van der Waals surface area contributed by atoms with Gasteiger partial charge in [0.25, 0.3) is 0 Å². The lowest BCUT2D eigenvalue weighted by molar-refractivity contribution is -0.167. The summed E-state index contributed by atoms with van der Waals surface area (Å²) in [6, 6.07) is 0.560. The van der Waals surface area contributed by atoms with Crippen molar-refractivity contribution in [3.8, 4) is 0 Å². The first kappa shape index (κ1) is 36.2. The zero-order valence-corrected chi connectivity index (χ0v) is 28.8. The van der Waals surface area contributed by atoms with Crippen molar-refractivity contribution in [1.82, 2.24) is 10.6 Å². The van der Waals surface area contributed by atoms with Crippen molar-refractivity contribution < 1.29 is 27.1 Å². The summed E-state index contributed by atoms with van der Waals surface area (Å²) in [6.07, 6.45) is 13.7. The summed E-state index contributed by atoms with van der Waals surface area (Å²) in [5.41, 5.74) is 6.07. The number of nitrogens with one attached hydrogen (secondary N) is 2. The molecule has 0 aromatic rings. The highest BCUT2D eigenvalue weighted by Gasteiger charge is 2.62. The lowest BCUT2D eigenvalue weighted by Crippen LogP contribution is -2.59. The summed E-state index contributed by atoms with van der Waals surface area (Å²) in [5.74, 6) is 2.39. The van der Waals surface area contributed by atoms with E-state index in [1.807, 2.05) is 0 Å². The number of fused-ring (bicyclic) bond motifs is 5. The van der Waals surface area contributed by atoms with Gasteiger partial charge >= 0.3 is 10.4 Å². The maximum Gasteiger partial charge on any atom is 0.397 e. The fourth-order valence-corrected chi connectivity index (χ4v) is 10.9. The van der Waals surface area contributed by atoms with E-state index >= 15 is 0 Å². The highest BCUT2D eigenvalue weighted by atomic mass is 32.3. The molecule has 0 saturated heterocycles. The van der Waals surface area contributed by atoms with Crippen LogP contribution in [0.2, 0.25) is 0 Å². The van der Waals surface area contributed by atoms with Gasteiger partial charge in [0.15, 0.2) is 0 Å². The molecule has 0 aromatic heterocycles. The zero-order valence-electron chi connectivity index (χ0n) is 27.9. The molecule has 10 heteroatoms. The summed E-state index contributed by atoms with van der Waals surface area (Å²) < 4.78 is 35.0. The van der Waals surface area contributed by atoms with Gasteiger partial charge in [0, 0.05) is 18.4 Å². The number of hydrogen-bond donors (Lipinski definition) is 5. The lowest BCUT2D eigenvalue weighted by Gasteiger charge is -2.62. The minimum absolute atomic E-state index is 0.0225. The number of aliphatic hydroxyl groups is 1.